The van der Waals surface area contributed by atoms with E-state index >= 15 is 0 Å². The summed E-state index contributed by atoms with van der Waals surface area (Å²) in [5.74, 6) is -0.879. The highest BCUT2D eigenvalue weighted by Crippen LogP contribution is 2.27. The molecule has 0 aliphatic carbocycles. The lowest BCUT2D eigenvalue weighted by Crippen LogP contribution is -2.11. The summed E-state index contributed by atoms with van der Waals surface area (Å²) in [6.07, 6.45) is 0. The molecule has 0 bridgehead atoms. The minimum atomic E-state index is -0.879. The van der Waals surface area contributed by atoms with E-state index in [-0.39, 0.29) is 0 Å². The number of ether oxygens (including phenoxy) is 1. The first kappa shape index (κ1) is 12.7. The van der Waals surface area contributed by atoms with Gasteiger partial charge in [-0.1, -0.05) is 0 Å². The fraction of sp³-hybridized carbons (Fsp3) is 0.462. The molecule has 0 saturated carbocycles. The third-order valence-electron chi connectivity index (χ3n) is 3.32. The summed E-state index contributed by atoms with van der Waals surface area (Å²) in [7, 11) is 1.58. The normalized spacial score (nSPS) is 10.6. The van der Waals surface area contributed by atoms with E-state index in [0.717, 1.165) is 27.8 Å². The Kier molecular flexibility index (Phi) is 3.70. The van der Waals surface area contributed by atoms with Crippen molar-refractivity contribution in [2.75, 3.05) is 7.11 Å². The second-order valence-electron chi connectivity index (χ2n) is 4.09. The molecule has 0 aromatic heterocycles. The van der Waals surface area contributed by atoms with E-state index in [1.807, 2.05) is 27.7 Å². The molecule has 1 aromatic rings. The molecule has 0 unspecified atom stereocenters. The molecule has 0 radical (unpaired) electrons. The minimum absolute atomic E-state index is 0.343. The maximum absolute atomic E-state index is 11.3. The monoisotopic (exact) mass is 222 g/mol. The summed E-state index contributed by atoms with van der Waals surface area (Å²) in [6, 6.07) is 0. The van der Waals surface area contributed by atoms with E-state index in [9.17, 15) is 9.90 Å². The van der Waals surface area contributed by atoms with Crippen LogP contribution < -0.4 is 0 Å². The topological polar surface area (TPSA) is 46.5 Å². The summed E-state index contributed by atoms with van der Waals surface area (Å²) in [5.41, 5.74) is 5.23. The maximum atomic E-state index is 11.3. The molecule has 3 nitrogen and oxygen atoms in total. The number of rotatable bonds is 3. The highest BCUT2D eigenvalue weighted by molar-refractivity contribution is 5.92. The Balaban J connectivity index is 3.61. The van der Waals surface area contributed by atoms with Crippen molar-refractivity contribution in [3.05, 3.63) is 33.4 Å². The fourth-order valence-corrected chi connectivity index (χ4v) is 2.00. The quantitative estimate of drug-likeness (QED) is 0.855. The van der Waals surface area contributed by atoms with Crippen molar-refractivity contribution in [2.45, 2.75) is 34.3 Å². The lowest BCUT2D eigenvalue weighted by molar-refractivity contribution is 0.0690. The molecule has 0 aliphatic rings. The zero-order valence-electron chi connectivity index (χ0n) is 10.5. The number of carbonyl (C=O) groups is 1. The largest absolute Gasteiger partial charge is 0.478 e. The molecular weight excluding hydrogens is 204 g/mol. The number of benzene rings is 1. The average Bonchev–Trinajstić information content (AvgIpc) is 2.23. The first-order chi connectivity index (χ1) is 7.41. The number of hydrogen-bond acceptors (Lipinski definition) is 2. The van der Waals surface area contributed by atoms with E-state index in [1.54, 1.807) is 7.11 Å². The van der Waals surface area contributed by atoms with Gasteiger partial charge in [-0.2, -0.15) is 0 Å². The van der Waals surface area contributed by atoms with Crippen LogP contribution in [0.25, 0.3) is 0 Å². The van der Waals surface area contributed by atoms with Crippen LogP contribution in [0.3, 0.4) is 0 Å². The lowest BCUT2D eigenvalue weighted by Gasteiger charge is -2.17. The van der Waals surface area contributed by atoms with Gasteiger partial charge < -0.3 is 9.84 Å². The smallest absolute Gasteiger partial charge is 0.336 e. The van der Waals surface area contributed by atoms with Gasteiger partial charge in [-0.3, -0.25) is 0 Å². The van der Waals surface area contributed by atoms with Gasteiger partial charge in [0.25, 0.3) is 0 Å². The van der Waals surface area contributed by atoms with Crippen LogP contribution in [0.1, 0.15) is 38.2 Å². The van der Waals surface area contributed by atoms with Crippen molar-refractivity contribution in [1.82, 2.24) is 0 Å². The van der Waals surface area contributed by atoms with Crippen molar-refractivity contribution in [3.8, 4) is 0 Å². The maximum Gasteiger partial charge on any atom is 0.336 e. The number of methoxy groups -OCH3 is 1. The molecule has 3 heteroatoms. The van der Waals surface area contributed by atoms with Crippen LogP contribution >= 0.6 is 0 Å². The first-order valence-electron chi connectivity index (χ1n) is 5.23. The summed E-state index contributed by atoms with van der Waals surface area (Å²) in [5, 5.41) is 9.26. The van der Waals surface area contributed by atoms with Crippen molar-refractivity contribution in [3.63, 3.8) is 0 Å². The second kappa shape index (κ2) is 4.66. The Morgan fingerprint density at radius 3 is 2.00 bits per heavy atom. The van der Waals surface area contributed by atoms with Gasteiger partial charge in [0.05, 0.1) is 12.2 Å². The highest BCUT2D eigenvalue weighted by atomic mass is 16.5. The Hall–Kier alpha value is -1.35. The minimum Gasteiger partial charge on any atom is -0.478 e. The van der Waals surface area contributed by atoms with Crippen LogP contribution in [-0.2, 0) is 11.3 Å². The predicted octanol–water partition coefficient (Wildman–Crippen LogP) is 2.76. The van der Waals surface area contributed by atoms with Gasteiger partial charge in [0, 0.05) is 7.11 Å². The summed E-state index contributed by atoms with van der Waals surface area (Å²) >= 11 is 0. The molecule has 0 aliphatic heterocycles. The van der Waals surface area contributed by atoms with Crippen LogP contribution in [0.5, 0.6) is 0 Å². The Morgan fingerprint density at radius 2 is 1.56 bits per heavy atom. The van der Waals surface area contributed by atoms with Crippen molar-refractivity contribution < 1.29 is 14.6 Å². The van der Waals surface area contributed by atoms with Crippen LogP contribution in [0.15, 0.2) is 0 Å². The molecule has 0 atom stereocenters. The summed E-state index contributed by atoms with van der Waals surface area (Å²) < 4.78 is 5.09. The summed E-state index contributed by atoms with van der Waals surface area (Å²) in [4.78, 5) is 11.3. The standard InChI is InChI=1S/C13H18O3/c1-7-8(2)10(4)12(13(14)15)11(6-16-5)9(7)3/h6H2,1-5H3,(H,14,15). The van der Waals surface area contributed by atoms with Gasteiger partial charge >= 0.3 is 5.97 Å². The molecule has 0 amide bonds. The van der Waals surface area contributed by atoms with Gasteiger partial charge in [-0.05, 0) is 55.5 Å². The zero-order chi connectivity index (χ0) is 12.5. The van der Waals surface area contributed by atoms with Gasteiger partial charge in [0.2, 0.25) is 0 Å². The van der Waals surface area contributed by atoms with E-state index < -0.39 is 5.97 Å². The molecule has 16 heavy (non-hydrogen) atoms. The predicted molar refractivity (Wildman–Crippen MR) is 63.1 cm³/mol. The van der Waals surface area contributed by atoms with Gasteiger partial charge in [-0.25, -0.2) is 4.79 Å². The van der Waals surface area contributed by atoms with E-state index in [1.165, 1.54) is 0 Å². The average molecular weight is 222 g/mol. The van der Waals surface area contributed by atoms with Crippen LogP contribution in [0, 0.1) is 27.7 Å². The highest BCUT2D eigenvalue weighted by Gasteiger charge is 2.19. The number of hydrogen-bond donors (Lipinski definition) is 1. The molecule has 1 aromatic carbocycles. The Bertz CT molecular complexity index is 434. The molecule has 1 N–H and O–H groups in total. The van der Waals surface area contributed by atoms with E-state index in [2.05, 4.69) is 0 Å². The third kappa shape index (κ3) is 1.95. The Labute approximate surface area is 96.1 Å². The Morgan fingerprint density at radius 1 is 1.06 bits per heavy atom. The van der Waals surface area contributed by atoms with E-state index in [0.29, 0.717) is 12.2 Å². The molecule has 0 heterocycles. The molecule has 1 rings (SSSR count). The zero-order valence-corrected chi connectivity index (χ0v) is 10.5. The van der Waals surface area contributed by atoms with Gasteiger partial charge in [-0.15, -0.1) is 0 Å². The van der Waals surface area contributed by atoms with Crippen LogP contribution in [0.4, 0.5) is 0 Å². The molecule has 0 saturated heterocycles. The third-order valence-corrected chi connectivity index (χ3v) is 3.32. The fourth-order valence-electron chi connectivity index (χ4n) is 2.00. The SMILES string of the molecule is COCc1c(C)c(C)c(C)c(C)c1C(=O)O. The second-order valence-corrected chi connectivity index (χ2v) is 4.09. The number of aromatic carboxylic acids is 1. The molecule has 88 valence electrons. The van der Waals surface area contributed by atoms with Gasteiger partial charge in [0.15, 0.2) is 0 Å². The van der Waals surface area contributed by atoms with Crippen molar-refractivity contribution in [1.29, 1.82) is 0 Å². The van der Waals surface area contributed by atoms with Gasteiger partial charge in [0.1, 0.15) is 0 Å². The number of carboxylic acids is 1. The summed E-state index contributed by atoms with van der Waals surface area (Å²) in [6.45, 7) is 8.12. The van der Waals surface area contributed by atoms with Crippen LogP contribution in [0.2, 0.25) is 0 Å². The molecule has 0 fully saturated rings. The number of carboxylic acid groups (broad SMARTS) is 1. The molecule has 0 spiro atoms. The lowest BCUT2D eigenvalue weighted by atomic mass is 9.89. The van der Waals surface area contributed by atoms with E-state index in [4.69, 9.17) is 4.74 Å². The first-order valence-corrected chi connectivity index (χ1v) is 5.23. The molecular formula is C13H18O3. The van der Waals surface area contributed by atoms with Crippen molar-refractivity contribution in [2.24, 2.45) is 0 Å². The van der Waals surface area contributed by atoms with Crippen molar-refractivity contribution >= 4 is 5.97 Å². The van der Waals surface area contributed by atoms with Crippen LogP contribution in [-0.4, -0.2) is 18.2 Å².